The first kappa shape index (κ1) is 15.4. The molecule has 0 radical (unpaired) electrons. The van der Waals surface area contributed by atoms with Crippen LogP contribution in [-0.4, -0.2) is 34.1 Å². The molecule has 0 aromatic carbocycles. The molecule has 0 heterocycles. The lowest BCUT2D eigenvalue weighted by atomic mass is 9.89. The first-order chi connectivity index (χ1) is 7.61. The van der Waals surface area contributed by atoms with E-state index in [2.05, 4.69) is 0 Å². The molecule has 2 N–H and O–H groups in total. The van der Waals surface area contributed by atoms with Crippen molar-refractivity contribution >= 4 is 17.7 Å². The van der Waals surface area contributed by atoms with Gasteiger partial charge < -0.3 is 10.2 Å². The van der Waals surface area contributed by atoms with E-state index in [1.54, 1.807) is 0 Å². The summed E-state index contributed by atoms with van der Waals surface area (Å²) in [5, 5.41) is 17.0. The van der Waals surface area contributed by atoms with Crippen LogP contribution in [0.5, 0.6) is 0 Å². The average Bonchev–Trinajstić information content (AvgIpc) is 2.15. The Morgan fingerprint density at radius 1 is 1.12 bits per heavy atom. The second-order valence-electron chi connectivity index (χ2n) is 3.43. The summed E-state index contributed by atoms with van der Waals surface area (Å²) in [5.41, 5.74) is 0. The molecule has 17 heavy (non-hydrogen) atoms. The van der Waals surface area contributed by atoms with Gasteiger partial charge in [-0.25, -0.2) is 0 Å². The molecule has 0 rings (SSSR count). The van der Waals surface area contributed by atoms with Gasteiger partial charge in [0.15, 0.2) is 5.92 Å². The third-order valence-electron chi connectivity index (χ3n) is 2.26. The van der Waals surface area contributed by atoms with Crippen LogP contribution in [0.1, 0.15) is 19.8 Å². The first-order valence-corrected chi connectivity index (χ1v) is 4.67. The van der Waals surface area contributed by atoms with Crippen LogP contribution in [0.15, 0.2) is 0 Å². The molecule has 0 fully saturated rings. The van der Waals surface area contributed by atoms with Gasteiger partial charge in [0.1, 0.15) is 0 Å². The number of hydrogen-bond donors (Lipinski definition) is 2. The summed E-state index contributed by atoms with van der Waals surface area (Å²) in [7, 11) is 0. The smallest absolute Gasteiger partial charge is 0.450 e. The van der Waals surface area contributed by atoms with Crippen LogP contribution < -0.4 is 0 Å². The molecule has 0 aromatic rings. The standard InChI is InChI=1S/C9H11F3O5/c1-2-4(6(13)9(10,11)12)3-5(7(14)15)8(16)17/h4-5H,2-3H2,1H3,(H,14,15)(H,16,17). The van der Waals surface area contributed by atoms with Crippen molar-refractivity contribution in [3.63, 3.8) is 0 Å². The Hall–Kier alpha value is -1.60. The number of hydrogen-bond acceptors (Lipinski definition) is 3. The number of ketones is 1. The van der Waals surface area contributed by atoms with Gasteiger partial charge in [0.05, 0.1) is 0 Å². The minimum absolute atomic E-state index is 0.268. The van der Waals surface area contributed by atoms with E-state index < -0.39 is 42.2 Å². The van der Waals surface area contributed by atoms with Gasteiger partial charge in [-0.3, -0.25) is 14.4 Å². The van der Waals surface area contributed by atoms with Crippen LogP contribution in [0, 0.1) is 11.8 Å². The Balaban J connectivity index is 4.87. The maximum Gasteiger partial charge on any atom is 0.450 e. The van der Waals surface area contributed by atoms with Crippen LogP contribution in [-0.2, 0) is 14.4 Å². The highest BCUT2D eigenvalue weighted by Crippen LogP contribution is 2.27. The van der Waals surface area contributed by atoms with Crippen molar-refractivity contribution < 1.29 is 37.8 Å². The van der Waals surface area contributed by atoms with Crippen LogP contribution in [0.3, 0.4) is 0 Å². The summed E-state index contributed by atoms with van der Waals surface area (Å²) >= 11 is 0. The molecule has 0 aliphatic heterocycles. The molecule has 0 aliphatic carbocycles. The van der Waals surface area contributed by atoms with Crippen molar-refractivity contribution in [2.45, 2.75) is 25.9 Å². The third kappa shape index (κ3) is 4.41. The number of carboxylic acids is 2. The maximum atomic E-state index is 12.1. The fourth-order valence-electron chi connectivity index (χ4n) is 1.28. The molecule has 0 aliphatic rings. The number of carbonyl (C=O) groups excluding carboxylic acids is 1. The van der Waals surface area contributed by atoms with Gasteiger partial charge in [-0.1, -0.05) is 6.92 Å². The zero-order valence-corrected chi connectivity index (χ0v) is 8.82. The average molecular weight is 256 g/mol. The molecule has 1 unspecified atom stereocenters. The predicted molar refractivity (Wildman–Crippen MR) is 48.2 cm³/mol. The lowest BCUT2D eigenvalue weighted by molar-refractivity contribution is -0.177. The van der Waals surface area contributed by atoms with Crippen molar-refractivity contribution in [1.82, 2.24) is 0 Å². The summed E-state index contributed by atoms with van der Waals surface area (Å²) in [4.78, 5) is 31.8. The number of alkyl halides is 3. The van der Waals surface area contributed by atoms with E-state index in [0.29, 0.717) is 0 Å². The lowest BCUT2D eigenvalue weighted by Gasteiger charge is -2.17. The largest absolute Gasteiger partial charge is 0.481 e. The Morgan fingerprint density at radius 2 is 1.53 bits per heavy atom. The van der Waals surface area contributed by atoms with Gasteiger partial charge in [-0.15, -0.1) is 0 Å². The SMILES string of the molecule is CCC(CC(C(=O)O)C(=O)O)C(=O)C(F)(F)F. The monoisotopic (exact) mass is 256 g/mol. The number of aliphatic carboxylic acids is 2. The molecule has 0 spiro atoms. The van der Waals surface area contributed by atoms with Gasteiger partial charge in [0.2, 0.25) is 5.78 Å². The maximum absolute atomic E-state index is 12.1. The van der Waals surface area contributed by atoms with Crippen LogP contribution in [0.2, 0.25) is 0 Å². The fraction of sp³-hybridized carbons (Fsp3) is 0.667. The van der Waals surface area contributed by atoms with Gasteiger partial charge in [-0.2, -0.15) is 13.2 Å². The van der Waals surface area contributed by atoms with Crippen LogP contribution in [0.25, 0.3) is 0 Å². The van der Waals surface area contributed by atoms with Gasteiger partial charge in [0, 0.05) is 5.92 Å². The van der Waals surface area contributed by atoms with Crippen LogP contribution in [0.4, 0.5) is 13.2 Å². The second kappa shape index (κ2) is 5.65. The summed E-state index contributed by atoms with van der Waals surface area (Å²) in [6.07, 6.45) is -6.21. The van der Waals surface area contributed by atoms with Crippen molar-refractivity contribution in [2.24, 2.45) is 11.8 Å². The highest BCUT2D eigenvalue weighted by atomic mass is 19.4. The number of Topliss-reactive ketones (excluding diaryl/α,β-unsaturated/α-hetero) is 1. The molecular formula is C9H11F3O5. The summed E-state index contributed by atoms with van der Waals surface area (Å²) in [5.74, 6) is -9.26. The van der Waals surface area contributed by atoms with E-state index in [1.165, 1.54) is 6.92 Å². The lowest BCUT2D eigenvalue weighted by Crippen LogP contribution is -2.34. The van der Waals surface area contributed by atoms with Gasteiger partial charge >= 0.3 is 18.1 Å². The van der Waals surface area contributed by atoms with E-state index in [9.17, 15) is 27.6 Å². The number of rotatable bonds is 6. The summed E-state index contributed by atoms with van der Waals surface area (Å²) < 4.78 is 36.3. The number of carbonyl (C=O) groups is 3. The van der Waals surface area contributed by atoms with Crippen LogP contribution >= 0.6 is 0 Å². The van der Waals surface area contributed by atoms with E-state index >= 15 is 0 Å². The number of halogens is 3. The van der Waals surface area contributed by atoms with Crippen molar-refractivity contribution in [2.75, 3.05) is 0 Å². The normalized spacial score (nSPS) is 13.5. The van der Waals surface area contributed by atoms with Gasteiger partial charge in [0.25, 0.3) is 0 Å². The van der Waals surface area contributed by atoms with E-state index in [0.717, 1.165) is 0 Å². The quantitative estimate of drug-likeness (QED) is 0.699. The van der Waals surface area contributed by atoms with Gasteiger partial charge in [-0.05, 0) is 12.8 Å². The van der Waals surface area contributed by atoms with E-state index in [-0.39, 0.29) is 6.42 Å². The third-order valence-corrected chi connectivity index (χ3v) is 2.26. The molecule has 1 atom stereocenters. The molecule has 5 nitrogen and oxygen atoms in total. The first-order valence-electron chi connectivity index (χ1n) is 4.67. The molecular weight excluding hydrogens is 245 g/mol. The molecule has 98 valence electrons. The van der Waals surface area contributed by atoms with Crippen molar-refractivity contribution in [3.05, 3.63) is 0 Å². The predicted octanol–water partition coefficient (Wildman–Crippen LogP) is 1.32. The summed E-state index contributed by atoms with van der Waals surface area (Å²) in [6, 6.07) is 0. The molecule has 0 bridgehead atoms. The second-order valence-corrected chi connectivity index (χ2v) is 3.43. The fourth-order valence-corrected chi connectivity index (χ4v) is 1.28. The zero-order valence-electron chi connectivity index (χ0n) is 8.82. The number of carboxylic acid groups (broad SMARTS) is 2. The Kier molecular flexibility index (Phi) is 5.11. The highest BCUT2D eigenvalue weighted by molar-refractivity contribution is 5.94. The minimum atomic E-state index is -5.08. The molecule has 0 saturated carbocycles. The highest BCUT2D eigenvalue weighted by Gasteiger charge is 2.44. The zero-order chi connectivity index (χ0) is 13.8. The van der Waals surface area contributed by atoms with E-state index in [1.807, 2.05) is 0 Å². The molecule has 8 heteroatoms. The van der Waals surface area contributed by atoms with Crippen molar-refractivity contribution in [3.8, 4) is 0 Å². The Labute approximate surface area is 94.2 Å². The van der Waals surface area contributed by atoms with E-state index in [4.69, 9.17) is 10.2 Å². The molecule has 0 aromatic heterocycles. The molecule has 0 saturated heterocycles. The Morgan fingerprint density at radius 3 is 1.76 bits per heavy atom. The molecule has 0 amide bonds. The summed E-state index contributed by atoms with van der Waals surface area (Å²) in [6.45, 7) is 1.26. The van der Waals surface area contributed by atoms with Crippen molar-refractivity contribution in [1.29, 1.82) is 0 Å². The Bertz CT molecular complexity index is 309. The minimum Gasteiger partial charge on any atom is -0.481 e. The topological polar surface area (TPSA) is 91.7 Å².